The normalized spacial score (nSPS) is 11.8. The number of halogens is 1. The third kappa shape index (κ3) is 4.73. The first-order valence-electron chi connectivity index (χ1n) is 10.3. The second-order valence-electron chi connectivity index (χ2n) is 7.35. The molecule has 162 valence electrons. The van der Waals surface area contributed by atoms with Crippen LogP contribution in [-0.2, 0) is 11.3 Å². The SMILES string of the molecule is C[C@H](Sc1nnc(-c2ccccc2F)n1Cc1ccccc1)C(=O)N(C)c1ccccc1. The average Bonchev–Trinajstić information content (AvgIpc) is 3.21. The van der Waals surface area contributed by atoms with E-state index in [1.54, 1.807) is 30.1 Å². The van der Waals surface area contributed by atoms with E-state index < -0.39 is 5.25 Å². The molecule has 0 aliphatic carbocycles. The van der Waals surface area contributed by atoms with Crippen LogP contribution in [0.1, 0.15) is 12.5 Å². The van der Waals surface area contributed by atoms with Crippen molar-refractivity contribution in [3.63, 3.8) is 0 Å². The molecule has 0 radical (unpaired) electrons. The van der Waals surface area contributed by atoms with E-state index in [9.17, 15) is 9.18 Å². The smallest absolute Gasteiger partial charge is 0.240 e. The average molecular weight is 447 g/mol. The molecule has 1 aromatic heterocycles. The molecule has 4 rings (SSSR count). The maximum absolute atomic E-state index is 14.5. The Hall–Kier alpha value is -3.45. The molecule has 1 atom stereocenters. The van der Waals surface area contributed by atoms with Crippen LogP contribution in [0.3, 0.4) is 0 Å². The van der Waals surface area contributed by atoms with Crippen molar-refractivity contribution < 1.29 is 9.18 Å². The fourth-order valence-corrected chi connectivity index (χ4v) is 4.33. The van der Waals surface area contributed by atoms with Crippen molar-refractivity contribution in [2.24, 2.45) is 0 Å². The number of para-hydroxylation sites is 1. The van der Waals surface area contributed by atoms with E-state index in [4.69, 9.17) is 0 Å². The minimum Gasteiger partial charge on any atom is -0.315 e. The molecule has 0 fully saturated rings. The lowest BCUT2D eigenvalue weighted by atomic mass is 10.2. The monoisotopic (exact) mass is 446 g/mol. The molecule has 0 spiro atoms. The van der Waals surface area contributed by atoms with Crippen molar-refractivity contribution in [2.75, 3.05) is 11.9 Å². The highest BCUT2D eigenvalue weighted by Crippen LogP contribution is 2.30. The zero-order valence-corrected chi connectivity index (χ0v) is 18.7. The molecule has 0 saturated carbocycles. The number of anilines is 1. The minimum atomic E-state index is -0.410. The molecular formula is C25H23FN4OS. The minimum absolute atomic E-state index is 0.0529. The highest BCUT2D eigenvalue weighted by Gasteiger charge is 2.24. The van der Waals surface area contributed by atoms with E-state index in [2.05, 4.69) is 10.2 Å². The standard InChI is InChI=1S/C25H23FN4OS/c1-18(24(31)29(2)20-13-7-4-8-14-20)32-25-28-27-23(21-15-9-10-16-22(21)26)30(25)17-19-11-5-3-6-12-19/h3-16,18H,17H2,1-2H3/t18-/m0/s1. The Kier molecular flexibility index (Phi) is 6.66. The number of thioether (sulfide) groups is 1. The molecule has 1 amide bonds. The molecule has 1 heterocycles. The van der Waals surface area contributed by atoms with Crippen LogP contribution in [0.4, 0.5) is 10.1 Å². The lowest BCUT2D eigenvalue weighted by molar-refractivity contribution is -0.117. The van der Waals surface area contributed by atoms with Gasteiger partial charge >= 0.3 is 0 Å². The summed E-state index contributed by atoms with van der Waals surface area (Å²) in [6.45, 7) is 2.31. The first-order chi connectivity index (χ1) is 15.5. The third-order valence-corrected chi connectivity index (χ3v) is 6.19. The summed E-state index contributed by atoms with van der Waals surface area (Å²) < 4.78 is 16.4. The van der Waals surface area contributed by atoms with E-state index in [-0.39, 0.29) is 11.7 Å². The quantitative estimate of drug-likeness (QED) is 0.363. The van der Waals surface area contributed by atoms with Crippen LogP contribution in [0, 0.1) is 5.82 Å². The fraction of sp³-hybridized carbons (Fsp3) is 0.160. The number of hydrogen-bond acceptors (Lipinski definition) is 4. The molecular weight excluding hydrogens is 423 g/mol. The number of carbonyl (C=O) groups is 1. The van der Waals surface area contributed by atoms with Gasteiger partial charge in [0.1, 0.15) is 5.82 Å². The molecule has 4 aromatic rings. The second kappa shape index (κ2) is 9.78. The topological polar surface area (TPSA) is 51.0 Å². The summed E-state index contributed by atoms with van der Waals surface area (Å²) in [4.78, 5) is 14.7. The fourth-order valence-electron chi connectivity index (χ4n) is 3.39. The molecule has 0 aliphatic heterocycles. The largest absolute Gasteiger partial charge is 0.315 e. The summed E-state index contributed by atoms with van der Waals surface area (Å²) in [6.07, 6.45) is 0. The maximum Gasteiger partial charge on any atom is 0.240 e. The molecule has 32 heavy (non-hydrogen) atoms. The zero-order valence-electron chi connectivity index (χ0n) is 17.9. The summed E-state index contributed by atoms with van der Waals surface area (Å²) in [5.41, 5.74) is 2.23. The highest BCUT2D eigenvalue weighted by molar-refractivity contribution is 8.00. The van der Waals surface area contributed by atoms with Crippen LogP contribution < -0.4 is 4.90 Å². The van der Waals surface area contributed by atoms with Crippen LogP contribution >= 0.6 is 11.8 Å². The number of nitrogens with zero attached hydrogens (tertiary/aromatic N) is 4. The summed E-state index contributed by atoms with van der Waals surface area (Å²) in [5, 5.41) is 8.76. The zero-order chi connectivity index (χ0) is 22.5. The molecule has 0 aliphatic rings. The second-order valence-corrected chi connectivity index (χ2v) is 8.66. The predicted molar refractivity (Wildman–Crippen MR) is 126 cm³/mol. The van der Waals surface area contributed by atoms with Gasteiger partial charge in [0.15, 0.2) is 11.0 Å². The van der Waals surface area contributed by atoms with Crippen LogP contribution in [0.5, 0.6) is 0 Å². The Morgan fingerprint density at radius 2 is 1.59 bits per heavy atom. The summed E-state index contributed by atoms with van der Waals surface area (Å²) >= 11 is 1.32. The van der Waals surface area contributed by atoms with Gasteiger partial charge < -0.3 is 4.90 Å². The van der Waals surface area contributed by atoms with E-state index in [1.165, 1.54) is 17.8 Å². The van der Waals surface area contributed by atoms with Gasteiger partial charge in [-0.1, -0.05) is 72.4 Å². The van der Waals surface area contributed by atoms with Crippen molar-refractivity contribution in [3.05, 3.63) is 96.3 Å². The number of rotatable bonds is 7. The molecule has 5 nitrogen and oxygen atoms in total. The molecule has 7 heteroatoms. The van der Waals surface area contributed by atoms with Crippen LogP contribution in [0.2, 0.25) is 0 Å². The van der Waals surface area contributed by atoms with Gasteiger partial charge in [-0.2, -0.15) is 0 Å². The van der Waals surface area contributed by atoms with Gasteiger partial charge in [-0.15, -0.1) is 10.2 Å². The van der Waals surface area contributed by atoms with E-state index in [0.29, 0.717) is 23.1 Å². The molecule has 0 saturated heterocycles. The van der Waals surface area contributed by atoms with E-state index >= 15 is 0 Å². The first kappa shape index (κ1) is 21.8. The van der Waals surface area contributed by atoms with E-state index in [0.717, 1.165) is 11.3 Å². The predicted octanol–water partition coefficient (Wildman–Crippen LogP) is 5.28. The molecule has 3 aromatic carbocycles. The molecule has 0 unspecified atom stereocenters. The Labute approximate surface area is 190 Å². The number of benzene rings is 3. The van der Waals surface area contributed by atoms with Gasteiger partial charge in [0.25, 0.3) is 0 Å². The number of carbonyl (C=O) groups excluding carboxylic acids is 1. The maximum atomic E-state index is 14.5. The summed E-state index contributed by atoms with van der Waals surface area (Å²) in [5.74, 6) is 0.0205. The summed E-state index contributed by atoms with van der Waals surface area (Å²) in [7, 11) is 1.76. The van der Waals surface area contributed by atoms with Gasteiger partial charge in [-0.25, -0.2) is 4.39 Å². The van der Waals surface area contributed by atoms with Gasteiger partial charge in [-0.3, -0.25) is 9.36 Å². The highest BCUT2D eigenvalue weighted by atomic mass is 32.2. The van der Waals surface area contributed by atoms with Gasteiger partial charge in [0.05, 0.1) is 17.4 Å². The van der Waals surface area contributed by atoms with Crippen LogP contribution in [-0.4, -0.2) is 33.0 Å². The lowest BCUT2D eigenvalue weighted by Gasteiger charge is -2.21. The Morgan fingerprint density at radius 3 is 2.28 bits per heavy atom. The number of aromatic nitrogens is 3. The third-order valence-electron chi connectivity index (χ3n) is 5.12. The van der Waals surface area contributed by atoms with Crippen LogP contribution in [0.15, 0.2) is 90.1 Å². The van der Waals surface area contributed by atoms with Crippen molar-refractivity contribution in [3.8, 4) is 11.4 Å². The van der Waals surface area contributed by atoms with Gasteiger partial charge in [0.2, 0.25) is 5.91 Å². The summed E-state index contributed by atoms with van der Waals surface area (Å²) in [6, 6.07) is 25.9. The molecule has 0 bridgehead atoms. The first-order valence-corrected chi connectivity index (χ1v) is 11.1. The van der Waals surface area contributed by atoms with Gasteiger partial charge in [-0.05, 0) is 36.8 Å². The number of amides is 1. The van der Waals surface area contributed by atoms with Gasteiger partial charge in [0, 0.05) is 12.7 Å². The van der Waals surface area contributed by atoms with Crippen molar-refractivity contribution >= 4 is 23.4 Å². The number of hydrogen-bond donors (Lipinski definition) is 0. The Morgan fingerprint density at radius 1 is 0.969 bits per heavy atom. The molecule has 0 N–H and O–H groups in total. The van der Waals surface area contributed by atoms with Crippen molar-refractivity contribution in [1.29, 1.82) is 0 Å². The Balaban J connectivity index is 1.64. The van der Waals surface area contributed by atoms with E-state index in [1.807, 2.05) is 72.2 Å². The lowest BCUT2D eigenvalue weighted by Crippen LogP contribution is -2.33. The van der Waals surface area contributed by atoms with Crippen LogP contribution in [0.25, 0.3) is 11.4 Å². The Bertz CT molecular complexity index is 1200. The van der Waals surface area contributed by atoms with Crippen molar-refractivity contribution in [1.82, 2.24) is 14.8 Å². The van der Waals surface area contributed by atoms with Crippen molar-refractivity contribution in [2.45, 2.75) is 23.9 Å².